The van der Waals surface area contributed by atoms with E-state index >= 15 is 0 Å². The van der Waals surface area contributed by atoms with Crippen molar-refractivity contribution < 1.29 is 14.4 Å². The van der Waals surface area contributed by atoms with Gasteiger partial charge >= 0.3 is 6.03 Å². The summed E-state index contributed by atoms with van der Waals surface area (Å²) in [5, 5.41) is 3.25. The van der Waals surface area contributed by atoms with E-state index < -0.39 is 18.0 Å². The van der Waals surface area contributed by atoms with Gasteiger partial charge in [0.25, 0.3) is 5.91 Å². The maximum atomic E-state index is 11.7. The van der Waals surface area contributed by atoms with E-state index in [1.54, 1.807) is 12.1 Å². The zero-order valence-corrected chi connectivity index (χ0v) is 8.14. The second-order valence-corrected chi connectivity index (χ2v) is 3.11. The van der Waals surface area contributed by atoms with Crippen LogP contribution in [0.1, 0.15) is 11.6 Å². The molecule has 0 spiro atoms. The number of urea groups is 1. The van der Waals surface area contributed by atoms with E-state index in [0.29, 0.717) is 0 Å². The van der Waals surface area contributed by atoms with Gasteiger partial charge in [-0.2, -0.15) is 0 Å². The van der Waals surface area contributed by atoms with Crippen LogP contribution in [0, 0.1) is 0 Å². The molecule has 0 bridgehead atoms. The van der Waals surface area contributed by atoms with Gasteiger partial charge in [-0.1, -0.05) is 30.3 Å². The highest BCUT2D eigenvalue weighted by Crippen LogP contribution is 2.21. The molecule has 5 nitrogen and oxygen atoms in total. The maximum Gasteiger partial charge on any atom is 0.349 e. The SMILES string of the molecule is CON1C(=O)NC(c2ccccc2)C1=O. The number of hydrogen-bond acceptors (Lipinski definition) is 3. The summed E-state index contributed by atoms with van der Waals surface area (Å²) in [6.45, 7) is 0. The summed E-state index contributed by atoms with van der Waals surface area (Å²) in [7, 11) is 1.28. The van der Waals surface area contributed by atoms with E-state index in [1.807, 2.05) is 18.2 Å². The van der Waals surface area contributed by atoms with Gasteiger partial charge in [0.15, 0.2) is 0 Å². The number of hydroxylamine groups is 2. The van der Waals surface area contributed by atoms with E-state index in [-0.39, 0.29) is 0 Å². The molecule has 5 heteroatoms. The molecule has 0 saturated carbocycles. The number of benzene rings is 1. The maximum absolute atomic E-state index is 11.7. The van der Waals surface area contributed by atoms with Crippen LogP contribution < -0.4 is 5.32 Å². The number of rotatable bonds is 2. The number of nitrogens with one attached hydrogen (secondary N) is 1. The zero-order chi connectivity index (χ0) is 10.8. The Morgan fingerprint density at radius 2 is 1.93 bits per heavy atom. The Labute approximate surface area is 86.6 Å². The highest BCUT2D eigenvalue weighted by Gasteiger charge is 2.39. The van der Waals surface area contributed by atoms with Crippen LogP contribution in [0.2, 0.25) is 0 Å². The highest BCUT2D eigenvalue weighted by molar-refractivity contribution is 6.03. The molecular weight excluding hydrogens is 196 g/mol. The minimum Gasteiger partial charge on any atom is -0.320 e. The Bertz CT molecular complexity index is 391. The predicted molar refractivity (Wildman–Crippen MR) is 51.6 cm³/mol. The normalized spacial score (nSPS) is 20.6. The molecule has 1 aliphatic rings. The Balaban J connectivity index is 2.27. The first-order chi connectivity index (χ1) is 7.24. The van der Waals surface area contributed by atoms with Crippen LogP contribution in [-0.2, 0) is 9.63 Å². The number of nitrogens with zero attached hydrogens (tertiary/aromatic N) is 1. The van der Waals surface area contributed by atoms with Crippen molar-refractivity contribution >= 4 is 11.9 Å². The Kier molecular flexibility index (Phi) is 2.39. The van der Waals surface area contributed by atoms with Crippen molar-refractivity contribution in [1.82, 2.24) is 10.4 Å². The molecule has 3 amide bonds. The fraction of sp³-hybridized carbons (Fsp3) is 0.200. The lowest BCUT2D eigenvalue weighted by molar-refractivity contribution is -0.156. The van der Waals surface area contributed by atoms with E-state index in [0.717, 1.165) is 10.6 Å². The summed E-state index contributed by atoms with van der Waals surface area (Å²) >= 11 is 0. The molecule has 1 heterocycles. The first-order valence-electron chi connectivity index (χ1n) is 4.47. The van der Waals surface area contributed by atoms with Crippen molar-refractivity contribution in [3.8, 4) is 0 Å². The summed E-state index contributed by atoms with van der Waals surface area (Å²) < 4.78 is 0. The van der Waals surface area contributed by atoms with Gasteiger partial charge in [-0.05, 0) is 5.56 Å². The molecule has 78 valence electrons. The molecule has 1 N–H and O–H groups in total. The zero-order valence-electron chi connectivity index (χ0n) is 8.14. The lowest BCUT2D eigenvalue weighted by atomic mass is 10.1. The number of carbonyl (C=O) groups is 2. The lowest BCUT2D eigenvalue weighted by Crippen LogP contribution is -2.29. The minimum absolute atomic E-state index is 0.395. The van der Waals surface area contributed by atoms with Gasteiger partial charge in [-0.15, -0.1) is 5.06 Å². The molecule has 1 aromatic rings. The average molecular weight is 206 g/mol. The van der Waals surface area contributed by atoms with Crippen LogP contribution in [-0.4, -0.2) is 24.1 Å². The molecule has 0 aliphatic carbocycles. The Morgan fingerprint density at radius 1 is 1.27 bits per heavy atom. The van der Waals surface area contributed by atoms with Gasteiger partial charge in [0.05, 0.1) is 7.11 Å². The first kappa shape index (κ1) is 9.67. The summed E-state index contributed by atoms with van der Waals surface area (Å²) in [6.07, 6.45) is 0. The van der Waals surface area contributed by atoms with Crippen LogP contribution in [0.4, 0.5) is 4.79 Å². The van der Waals surface area contributed by atoms with Gasteiger partial charge in [0, 0.05) is 0 Å². The summed E-state index contributed by atoms with van der Waals surface area (Å²) in [5.74, 6) is -0.395. The van der Waals surface area contributed by atoms with Crippen molar-refractivity contribution in [3.63, 3.8) is 0 Å². The molecule has 1 saturated heterocycles. The topological polar surface area (TPSA) is 58.6 Å². The minimum atomic E-state index is -0.640. The van der Waals surface area contributed by atoms with E-state index in [2.05, 4.69) is 10.2 Å². The van der Waals surface area contributed by atoms with Crippen molar-refractivity contribution in [2.75, 3.05) is 7.11 Å². The third-order valence-corrected chi connectivity index (χ3v) is 2.21. The molecule has 1 atom stereocenters. The molecule has 1 fully saturated rings. The highest BCUT2D eigenvalue weighted by atomic mass is 16.7. The quantitative estimate of drug-likeness (QED) is 0.729. The first-order valence-corrected chi connectivity index (χ1v) is 4.47. The van der Waals surface area contributed by atoms with Crippen LogP contribution in [0.15, 0.2) is 30.3 Å². The van der Waals surface area contributed by atoms with Gasteiger partial charge in [0.1, 0.15) is 6.04 Å². The average Bonchev–Trinajstić information content (AvgIpc) is 2.55. The van der Waals surface area contributed by atoms with Crippen LogP contribution in [0.3, 0.4) is 0 Å². The van der Waals surface area contributed by atoms with Crippen LogP contribution in [0.25, 0.3) is 0 Å². The monoisotopic (exact) mass is 206 g/mol. The lowest BCUT2D eigenvalue weighted by Gasteiger charge is -2.08. The molecular formula is C10H10N2O3. The van der Waals surface area contributed by atoms with Crippen LogP contribution >= 0.6 is 0 Å². The molecule has 1 unspecified atom stereocenters. The van der Waals surface area contributed by atoms with E-state index in [4.69, 9.17) is 0 Å². The van der Waals surface area contributed by atoms with E-state index in [9.17, 15) is 9.59 Å². The van der Waals surface area contributed by atoms with Crippen molar-refractivity contribution in [2.24, 2.45) is 0 Å². The Hall–Kier alpha value is -1.88. The number of imide groups is 1. The number of amides is 3. The largest absolute Gasteiger partial charge is 0.349 e. The van der Waals surface area contributed by atoms with Gasteiger partial charge < -0.3 is 5.32 Å². The molecule has 0 radical (unpaired) electrons. The fourth-order valence-corrected chi connectivity index (χ4v) is 1.51. The summed E-state index contributed by atoms with van der Waals surface area (Å²) in [6, 6.07) is 7.85. The number of hydrogen-bond donors (Lipinski definition) is 1. The molecule has 15 heavy (non-hydrogen) atoms. The van der Waals surface area contributed by atoms with Gasteiger partial charge in [0.2, 0.25) is 0 Å². The molecule has 0 aromatic heterocycles. The summed E-state index contributed by atoms with van der Waals surface area (Å²) in [5.41, 5.74) is 0.746. The van der Waals surface area contributed by atoms with Gasteiger partial charge in [-0.25, -0.2) is 4.79 Å². The third-order valence-electron chi connectivity index (χ3n) is 2.21. The fourth-order valence-electron chi connectivity index (χ4n) is 1.51. The third kappa shape index (κ3) is 1.57. The predicted octanol–water partition coefficient (Wildman–Crippen LogP) is 0.841. The van der Waals surface area contributed by atoms with Crippen LogP contribution in [0.5, 0.6) is 0 Å². The Morgan fingerprint density at radius 3 is 2.47 bits per heavy atom. The van der Waals surface area contributed by atoms with Crippen molar-refractivity contribution in [2.45, 2.75) is 6.04 Å². The van der Waals surface area contributed by atoms with E-state index in [1.165, 1.54) is 7.11 Å². The van der Waals surface area contributed by atoms with Crippen molar-refractivity contribution in [3.05, 3.63) is 35.9 Å². The standard InChI is InChI=1S/C10H10N2O3/c1-15-12-9(13)8(11-10(12)14)7-5-3-2-4-6-7/h2-6,8H,1H3,(H,11,14). The molecule has 1 aromatic carbocycles. The van der Waals surface area contributed by atoms with Gasteiger partial charge in [-0.3, -0.25) is 9.63 Å². The smallest absolute Gasteiger partial charge is 0.320 e. The van der Waals surface area contributed by atoms with Crippen molar-refractivity contribution in [1.29, 1.82) is 0 Å². The number of carbonyl (C=O) groups excluding carboxylic acids is 2. The molecule has 1 aliphatic heterocycles. The second kappa shape index (κ2) is 3.70. The molecule has 2 rings (SSSR count). The summed E-state index contributed by atoms with van der Waals surface area (Å²) in [4.78, 5) is 27.6. The second-order valence-electron chi connectivity index (χ2n) is 3.11.